The molecule has 0 saturated heterocycles. The summed E-state index contributed by atoms with van der Waals surface area (Å²) in [6.07, 6.45) is 1.48. The van der Waals surface area contributed by atoms with Crippen LogP contribution in [0.3, 0.4) is 0 Å². The molecule has 3 rings (SSSR count). The number of alkyl halides is 2. The van der Waals surface area contributed by atoms with Gasteiger partial charge in [-0.15, -0.1) is 0 Å². The van der Waals surface area contributed by atoms with Gasteiger partial charge in [0.2, 0.25) is 0 Å². The van der Waals surface area contributed by atoms with Crippen molar-refractivity contribution in [2.75, 3.05) is 13.7 Å². The van der Waals surface area contributed by atoms with Gasteiger partial charge in [-0.1, -0.05) is 28.1 Å². The number of halogens is 3. The van der Waals surface area contributed by atoms with Crippen molar-refractivity contribution in [1.82, 2.24) is 0 Å². The van der Waals surface area contributed by atoms with Crippen molar-refractivity contribution >= 4 is 27.8 Å². The van der Waals surface area contributed by atoms with Crippen molar-refractivity contribution in [2.45, 2.75) is 6.61 Å². The fourth-order valence-corrected chi connectivity index (χ4v) is 2.88. The molecule has 0 fully saturated rings. The third kappa shape index (κ3) is 3.66. The molecule has 0 atom stereocenters. The quantitative estimate of drug-likeness (QED) is 0.684. The van der Waals surface area contributed by atoms with Crippen molar-refractivity contribution in [3.05, 3.63) is 57.6 Å². The number of methoxy groups -OCH3 is 1. The van der Waals surface area contributed by atoms with Gasteiger partial charge in [-0.2, -0.15) is 8.78 Å². The molecule has 0 spiro atoms. The number of ketones is 1. The second-order valence-electron chi connectivity index (χ2n) is 5.18. The molecule has 0 amide bonds. The van der Waals surface area contributed by atoms with E-state index in [-0.39, 0.29) is 23.9 Å². The Kier molecular flexibility index (Phi) is 5.03. The van der Waals surface area contributed by atoms with Gasteiger partial charge in [0.1, 0.15) is 12.4 Å². The van der Waals surface area contributed by atoms with Gasteiger partial charge in [0.15, 0.2) is 17.3 Å². The van der Waals surface area contributed by atoms with Crippen molar-refractivity contribution < 1.29 is 27.8 Å². The van der Waals surface area contributed by atoms with Crippen LogP contribution in [0, 0.1) is 0 Å². The molecular weight excluding hydrogens is 398 g/mol. The number of rotatable bonds is 4. The van der Waals surface area contributed by atoms with Crippen LogP contribution in [0.1, 0.15) is 15.9 Å². The molecule has 130 valence electrons. The maximum atomic E-state index is 12.7. The van der Waals surface area contributed by atoms with Crippen molar-refractivity contribution in [1.29, 1.82) is 0 Å². The zero-order chi connectivity index (χ0) is 18.0. The Morgan fingerprint density at radius 1 is 1.28 bits per heavy atom. The fourth-order valence-electron chi connectivity index (χ4n) is 2.52. The summed E-state index contributed by atoms with van der Waals surface area (Å²) < 4.78 is 41.4. The van der Waals surface area contributed by atoms with Crippen LogP contribution >= 0.6 is 15.9 Å². The molecule has 1 heterocycles. The van der Waals surface area contributed by atoms with Gasteiger partial charge >= 0.3 is 6.61 Å². The number of benzene rings is 2. The summed E-state index contributed by atoms with van der Waals surface area (Å²) in [5.74, 6) is 0.288. The average Bonchev–Trinajstić information content (AvgIpc) is 2.58. The minimum Gasteiger partial charge on any atom is -0.493 e. The Morgan fingerprint density at radius 3 is 2.80 bits per heavy atom. The molecule has 25 heavy (non-hydrogen) atoms. The summed E-state index contributed by atoms with van der Waals surface area (Å²) in [5, 5.41) is 0. The number of Topliss-reactive ketones (excluding diaryl/α,β-unsaturated/α-hetero) is 1. The van der Waals surface area contributed by atoms with Crippen LogP contribution in [0.15, 0.2) is 46.4 Å². The highest BCUT2D eigenvalue weighted by Crippen LogP contribution is 2.36. The molecular formula is C18H13BrF2O4. The number of hydrogen-bond donors (Lipinski definition) is 0. The van der Waals surface area contributed by atoms with Gasteiger partial charge in [-0.25, -0.2) is 0 Å². The van der Waals surface area contributed by atoms with E-state index in [1.807, 2.05) is 0 Å². The largest absolute Gasteiger partial charge is 0.493 e. The van der Waals surface area contributed by atoms with Gasteiger partial charge in [-0.05, 0) is 30.3 Å². The SMILES string of the molecule is COc1cccc(/C=C2\COc3ccc(Br)cc3C2=O)c1OC(F)F. The first-order valence-electron chi connectivity index (χ1n) is 7.29. The molecule has 0 aliphatic carbocycles. The highest BCUT2D eigenvalue weighted by molar-refractivity contribution is 9.10. The number of hydrogen-bond acceptors (Lipinski definition) is 4. The Bertz CT molecular complexity index is 849. The van der Waals surface area contributed by atoms with Gasteiger partial charge in [0.05, 0.1) is 12.7 Å². The van der Waals surface area contributed by atoms with Crippen LogP contribution in [0.25, 0.3) is 6.08 Å². The Morgan fingerprint density at radius 2 is 2.08 bits per heavy atom. The predicted octanol–water partition coefficient (Wildman–Crippen LogP) is 4.72. The lowest BCUT2D eigenvalue weighted by Crippen LogP contribution is -2.19. The smallest absolute Gasteiger partial charge is 0.387 e. The summed E-state index contributed by atoms with van der Waals surface area (Å²) in [6, 6.07) is 9.83. The third-order valence-corrected chi connectivity index (χ3v) is 4.12. The molecule has 0 radical (unpaired) electrons. The van der Waals surface area contributed by atoms with E-state index < -0.39 is 6.61 Å². The van der Waals surface area contributed by atoms with Crippen LogP contribution in [-0.4, -0.2) is 26.1 Å². The number of ether oxygens (including phenoxy) is 3. The van der Waals surface area contributed by atoms with E-state index in [1.54, 1.807) is 30.3 Å². The molecule has 0 N–H and O–H groups in total. The van der Waals surface area contributed by atoms with Crippen LogP contribution < -0.4 is 14.2 Å². The minimum absolute atomic E-state index is 0.0405. The van der Waals surface area contributed by atoms with E-state index in [1.165, 1.54) is 19.3 Å². The van der Waals surface area contributed by atoms with Crippen LogP contribution in [0.2, 0.25) is 0 Å². The molecule has 2 aromatic carbocycles. The fraction of sp³-hybridized carbons (Fsp3) is 0.167. The minimum atomic E-state index is -3.01. The van der Waals surface area contributed by atoms with Crippen LogP contribution in [0.4, 0.5) is 8.78 Å². The summed E-state index contributed by atoms with van der Waals surface area (Å²) in [6.45, 7) is -2.97. The summed E-state index contributed by atoms with van der Waals surface area (Å²) in [5.41, 5.74) is 1.05. The Hall–Kier alpha value is -2.41. The molecule has 0 unspecified atom stereocenters. The van der Waals surface area contributed by atoms with Crippen LogP contribution in [-0.2, 0) is 0 Å². The van der Waals surface area contributed by atoms with Crippen molar-refractivity contribution in [3.8, 4) is 17.2 Å². The zero-order valence-corrected chi connectivity index (χ0v) is 14.7. The first-order valence-corrected chi connectivity index (χ1v) is 8.08. The number of carbonyl (C=O) groups excluding carboxylic acids is 1. The zero-order valence-electron chi connectivity index (χ0n) is 13.1. The Balaban J connectivity index is 2.03. The van der Waals surface area contributed by atoms with E-state index in [4.69, 9.17) is 9.47 Å². The lowest BCUT2D eigenvalue weighted by atomic mass is 9.98. The second kappa shape index (κ2) is 7.23. The predicted molar refractivity (Wildman–Crippen MR) is 91.6 cm³/mol. The van der Waals surface area contributed by atoms with E-state index in [9.17, 15) is 13.6 Å². The van der Waals surface area contributed by atoms with Gasteiger partial charge in [0, 0.05) is 15.6 Å². The molecule has 0 bridgehead atoms. The van der Waals surface area contributed by atoms with E-state index in [0.29, 0.717) is 22.4 Å². The van der Waals surface area contributed by atoms with Crippen molar-refractivity contribution in [3.63, 3.8) is 0 Å². The maximum absolute atomic E-state index is 12.7. The molecule has 2 aromatic rings. The first kappa shape index (κ1) is 17.4. The first-order chi connectivity index (χ1) is 12.0. The number of carbonyl (C=O) groups is 1. The van der Waals surface area contributed by atoms with E-state index >= 15 is 0 Å². The Labute approximate surface area is 151 Å². The second-order valence-corrected chi connectivity index (χ2v) is 6.10. The third-order valence-electron chi connectivity index (χ3n) is 3.63. The van der Waals surface area contributed by atoms with Crippen LogP contribution in [0.5, 0.6) is 17.2 Å². The number of para-hydroxylation sites is 1. The van der Waals surface area contributed by atoms with Gasteiger partial charge in [-0.3, -0.25) is 4.79 Å². The normalized spacial score (nSPS) is 15.1. The lowest BCUT2D eigenvalue weighted by molar-refractivity contribution is -0.0513. The lowest BCUT2D eigenvalue weighted by Gasteiger charge is -2.19. The maximum Gasteiger partial charge on any atom is 0.387 e. The topological polar surface area (TPSA) is 44.8 Å². The number of fused-ring (bicyclic) bond motifs is 1. The van der Waals surface area contributed by atoms with Gasteiger partial charge < -0.3 is 14.2 Å². The highest BCUT2D eigenvalue weighted by atomic mass is 79.9. The highest BCUT2D eigenvalue weighted by Gasteiger charge is 2.24. The molecule has 4 nitrogen and oxygen atoms in total. The summed E-state index contributed by atoms with van der Waals surface area (Å²) >= 11 is 3.32. The summed E-state index contributed by atoms with van der Waals surface area (Å²) in [4.78, 5) is 12.7. The molecule has 0 aromatic heterocycles. The standard InChI is InChI=1S/C18H13BrF2O4/c1-23-15-4-2-3-10(17(15)25-18(20)21)7-11-9-24-14-6-5-12(19)8-13(14)16(11)22/h2-8,18H,9H2,1H3/b11-7+. The molecule has 1 aliphatic heterocycles. The summed E-state index contributed by atoms with van der Waals surface area (Å²) in [7, 11) is 1.35. The van der Waals surface area contributed by atoms with Gasteiger partial charge in [0.25, 0.3) is 0 Å². The van der Waals surface area contributed by atoms with Crippen molar-refractivity contribution in [2.24, 2.45) is 0 Å². The van der Waals surface area contributed by atoms with E-state index in [0.717, 1.165) is 4.47 Å². The average molecular weight is 411 g/mol. The monoisotopic (exact) mass is 410 g/mol. The van der Waals surface area contributed by atoms with E-state index in [2.05, 4.69) is 20.7 Å². The molecule has 1 aliphatic rings. The molecule has 7 heteroatoms. The molecule has 0 saturated carbocycles.